The van der Waals surface area contributed by atoms with Crippen LogP contribution in [0.15, 0.2) is 48.5 Å². The lowest BCUT2D eigenvalue weighted by molar-refractivity contribution is 0.0925. The van der Waals surface area contributed by atoms with Crippen LogP contribution < -0.4 is 4.74 Å². The third-order valence-corrected chi connectivity index (χ3v) is 4.03. The molecule has 2 aromatic carbocycles. The van der Waals surface area contributed by atoms with Crippen molar-refractivity contribution in [1.29, 1.82) is 0 Å². The maximum Gasteiger partial charge on any atom is 0.119 e. The highest BCUT2D eigenvalue weighted by molar-refractivity contribution is 5.76. The zero-order valence-electron chi connectivity index (χ0n) is 14.4. The summed E-state index contributed by atoms with van der Waals surface area (Å²) in [6.07, 6.45) is -0.597. The van der Waals surface area contributed by atoms with E-state index in [1.54, 1.807) is 0 Å². The van der Waals surface area contributed by atoms with Crippen molar-refractivity contribution in [2.45, 2.75) is 39.3 Å². The highest BCUT2D eigenvalue weighted by Gasteiger charge is 2.16. The average molecular weight is 324 g/mol. The van der Waals surface area contributed by atoms with Crippen LogP contribution in [-0.2, 0) is 6.54 Å². The number of ether oxygens (including phenoxy) is 1. The predicted molar refractivity (Wildman–Crippen MR) is 96.5 cm³/mol. The van der Waals surface area contributed by atoms with Gasteiger partial charge in [0.15, 0.2) is 0 Å². The summed E-state index contributed by atoms with van der Waals surface area (Å²) in [5.74, 6) is 2.07. The molecule has 1 aromatic heterocycles. The van der Waals surface area contributed by atoms with Crippen LogP contribution in [0, 0.1) is 6.92 Å². The second-order valence-corrected chi connectivity index (χ2v) is 6.51. The van der Waals surface area contributed by atoms with E-state index in [2.05, 4.69) is 18.4 Å². The number of para-hydroxylation sites is 2. The molecule has 3 rings (SSSR count). The second kappa shape index (κ2) is 7.05. The second-order valence-electron chi connectivity index (χ2n) is 6.51. The number of benzene rings is 2. The smallest absolute Gasteiger partial charge is 0.119 e. The van der Waals surface area contributed by atoms with E-state index in [1.165, 1.54) is 0 Å². The average Bonchev–Trinajstić information content (AvgIpc) is 2.92. The number of imidazole rings is 1. The lowest BCUT2D eigenvalue weighted by Crippen LogP contribution is -2.24. The first-order valence-corrected chi connectivity index (χ1v) is 8.37. The summed E-state index contributed by atoms with van der Waals surface area (Å²) >= 11 is 0. The molecular weight excluding hydrogens is 300 g/mol. The predicted octanol–water partition coefficient (Wildman–Crippen LogP) is 3.91. The molecule has 0 amide bonds. The molecule has 0 saturated heterocycles. The molecule has 126 valence electrons. The Balaban J connectivity index is 1.75. The molecule has 24 heavy (non-hydrogen) atoms. The Kier molecular flexibility index (Phi) is 4.86. The Morgan fingerprint density at radius 2 is 1.92 bits per heavy atom. The fraction of sp³-hybridized carbons (Fsp3) is 0.350. The van der Waals surface area contributed by atoms with Gasteiger partial charge in [0.25, 0.3) is 0 Å². The number of rotatable bonds is 6. The molecule has 1 heterocycles. The first-order chi connectivity index (χ1) is 11.5. The van der Waals surface area contributed by atoms with E-state index >= 15 is 0 Å². The van der Waals surface area contributed by atoms with Gasteiger partial charge >= 0.3 is 0 Å². The van der Waals surface area contributed by atoms with Crippen LogP contribution in [0.5, 0.6) is 5.75 Å². The van der Waals surface area contributed by atoms with Crippen molar-refractivity contribution in [3.05, 3.63) is 59.9 Å². The number of hydrogen-bond donors (Lipinski definition) is 1. The number of aryl methyl sites for hydroxylation is 1. The minimum Gasteiger partial charge on any atom is -0.491 e. The van der Waals surface area contributed by atoms with Crippen LogP contribution >= 0.6 is 0 Å². The van der Waals surface area contributed by atoms with Gasteiger partial charge < -0.3 is 14.4 Å². The Morgan fingerprint density at radius 3 is 2.67 bits per heavy atom. The van der Waals surface area contributed by atoms with Gasteiger partial charge in [-0.2, -0.15) is 0 Å². The van der Waals surface area contributed by atoms with Gasteiger partial charge in [0.05, 0.1) is 17.6 Å². The SMILES string of the molecule is Cc1cccc(OC[C@@H](O)Cn2c(C(C)C)nc3ccccc32)c1. The standard InChI is InChI=1S/C20H24N2O2/c1-14(2)20-21-18-9-4-5-10-19(18)22(20)12-16(23)13-24-17-8-6-7-15(3)11-17/h4-11,14,16,23H,12-13H2,1-3H3/t16-/m0/s1. The number of fused-ring (bicyclic) bond motifs is 1. The van der Waals surface area contributed by atoms with Crippen molar-refractivity contribution < 1.29 is 9.84 Å². The molecule has 1 N–H and O–H groups in total. The van der Waals surface area contributed by atoms with E-state index in [1.807, 2.05) is 55.5 Å². The maximum atomic E-state index is 10.4. The molecule has 0 aliphatic rings. The number of aliphatic hydroxyl groups is 1. The van der Waals surface area contributed by atoms with Gasteiger partial charge in [-0.05, 0) is 36.8 Å². The van der Waals surface area contributed by atoms with E-state index in [4.69, 9.17) is 9.72 Å². The minimum atomic E-state index is -0.597. The molecule has 0 radical (unpaired) electrons. The topological polar surface area (TPSA) is 47.3 Å². The van der Waals surface area contributed by atoms with Gasteiger partial charge in [-0.1, -0.05) is 38.1 Å². The maximum absolute atomic E-state index is 10.4. The number of aliphatic hydroxyl groups excluding tert-OH is 1. The number of hydrogen-bond acceptors (Lipinski definition) is 3. The Bertz CT molecular complexity index is 823. The molecule has 3 aromatic rings. The third-order valence-electron chi connectivity index (χ3n) is 4.03. The Hall–Kier alpha value is -2.33. The lowest BCUT2D eigenvalue weighted by atomic mass is 10.2. The van der Waals surface area contributed by atoms with Crippen molar-refractivity contribution in [3.8, 4) is 5.75 Å². The van der Waals surface area contributed by atoms with E-state index in [9.17, 15) is 5.11 Å². The zero-order chi connectivity index (χ0) is 17.1. The van der Waals surface area contributed by atoms with E-state index < -0.39 is 6.10 Å². The van der Waals surface area contributed by atoms with E-state index in [-0.39, 0.29) is 6.61 Å². The molecule has 0 spiro atoms. The summed E-state index contributed by atoms with van der Waals surface area (Å²) < 4.78 is 7.83. The fourth-order valence-corrected chi connectivity index (χ4v) is 2.89. The van der Waals surface area contributed by atoms with Crippen LogP contribution in [0.4, 0.5) is 0 Å². The van der Waals surface area contributed by atoms with Crippen LogP contribution in [0.2, 0.25) is 0 Å². The molecular formula is C20H24N2O2. The van der Waals surface area contributed by atoms with Gasteiger partial charge in [-0.15, -0.1) is 0 Å². The molecule has 1 atom stereocenters. The zero-order valence-corrected chi connectivity index (χ0v) is 14.4. The lowest BCUT2D eigenvalue weighted by Gasteiger charge is -2.17. The van der Waals surface area contributed by atoms with Gasteiger partial charge in [0.1, 0.15) is 24.3 Å². The van der Waals surface area contributed by atoms with Gasteiger partial charge in [0.2, 0.25) is 0 Å². The normalized spacial score (nSPS) is 12.7. The highest BCUT2D eigenvalue weighted by Crippen LogP contribution is 2.22. The van der Waals surface area contributed by atoms with E-state index in [0.29, 0.717) is 12.5 Å². The largest absolute Gasteiger partial charge is 0.491 e. The van der Waals surface area contributed by atoms with Gasteiger partial charge in [-0.3, -0.25) is 0 Å². The third kappa shape index (κ3) is 3.60. The van der Waals surface area contributed by atoms with Gasteiger partial charge in [0, 0.05) is 5.92 Å². The molecule has 0 fully saturated rings. The molecule has 4 heteroatoms. The van der Waals surface area contributed by atoms with Crippen LogP contribution in [0.3, 0.4) is 0 Å². The van der Waals surface area contributed by atoms with Crippen molar-refractivity contribution >= 4 is 11.0 Å². The van der Waals surface area contributed by atoms with Crippen molar-refractivity contribution in [1.82, 2.24) is 9.55 Å². The molecule has 4 nitrogen and oxygen atoms in total. The van der Waals surface area contributed by atoms with Crippen molar-refractivity contribution in [2.75, 3.05) is 6.61 Å². The summed E-state index contributed by atoms with van der Waals surface area (Å²) in [5.41, 5.74) is 3.16. The van der Waals surface area contributed by atoms with Crippen molar-refractivity contribution in [2.24, 2.45) is 0 Å². The molecule has 0 aliphatic heterocycles. The molecule has 0 saturated carbocycles. The first-order valence-electron chi connectivity index (χ1n) is 8.37. The van der Waals surface area contributed by atoms with E-state index in [0.717, 1.165) is 28.2 Å². The molecule has 0 bridgehead atoms. The number of nitrogens with zero attached hydrogens (tertiary/aromatic N) is 2. The first kappa shape index (κ1) is 16.5. The minimum absolute atomic E-state index is 0.257. The summed E-state index contributed by atoms with van der Waals surface area (Å²) in [4.78, 5) is 4.71. The molecule has 0 aliphatic carbocycles. The number of aromatic nitrogens is 2. The summed E-state index contributed by atoms with van der Waals surface area (Å²) in [7, 11) is 0. The summed E-state index contributed by atoms with van der Waals surface area (Å²) in [5, 5.41) is 10.4. The van der Waals surface area contributed by atoms with Crippen molar-refractivity contribution in [3.63, 3.8) is 0 Å². The van der Waals surface area contributed by atoms with Crippen LogP contribution in [-0.4, -0.2) is 27.4 Å². The highest BCUT2D eigenvalue weighted by atomic mass is 16.5. The summed E-state index contributed by atoms with van der Waals surface area (Å²) in [6.45, 7) is 6.99. The van der Waals surface area contributed by atoms with Crippen LogP contribution in [0.25, 0.3) is 11.0 Å². The fourth-order valence-electron chi connectivity index (χ4n) is 2.89. The molecule has 0 unspecified atom stereocenters. The Morgan fingerprint density at radius 1 is 1.12 bits per heavy atom. The van der Waals surface area contributed by atoms with Crippen LogP contribution in [0.1, 0.15) is 31.2 Å². The monoisotopic (exact) mass is 324 g/mol. The Labute approximate surface area is 142 Å². The summed E-state index contributed by atoms with van der Waals surface area (Å²) in [6, 6.07) is 15.9. The van der Waals surface area contributed by atoms with Gasteiger partial charge in [-0.25, -0.2) is 4.98 Å². The quantitative estimate of drug-likeness (QED) is 0.748.